The third kappa shape index (κ3) is 4.69. The predicted molar refractivity (Wildman–Crippen MR) is 83.1 cm³/mol. The molecule has 1 aliphatic heterocycles. The summed E-state index contributed by atoms with van der Waals surface area (Å²) in [5, 5.41) is 3.39. The van der Waals surface area contributed by atoms with Gasteiger partial charge in [0.15, 0.2) is 0 Å². The Morgan fingerprint density at radius 2 is 2.14 bits per heavy atom. The molecule has 1 atom stereocenters. The third-order valence-electron chi connectivity index (χ3n) is 3.53. The van der Waals surface area contributed by atoms with E-state index in [9.17, 15) is 8.42 Å². The molecule has 1 aromatic rings. The van der Waals surface area contributed by atoms with Crippen LogP contribution in [0.3, 0.4) is 0 Å². The fraction of sp³-hybridized carbons (Fsp3) is 0.600. The zero-order chi connectivity index (χ0) is 15.1. The second kappa shape index (κ2) is 7.77. The van der Waals surface area contributed by atoms with Gasteiger partial charge in [-0.25, -0.2) is 13.1 Å². The lowest BCUT2D eigenvalue weighted by Crippen LogP contribution is -2.38. The molecule has 2 N–H and O–H groups in total. The van der Waals surface area contributed by atoms with Crippen molar-refractivity contribution in [1.29, 1.82) is 0 Å². The normalized spacial score (nSPS) is 19.4. The number of benzene rings is 1. The average molecular weight is 312 g/mol. The molecule has 0 spiro atoms. The topological polar surface area (TPSA) is 67.4 Å². The Morgan fingerprint density at radius 3 is 2.86 bits per heavy atom. The summed E-state index contributed by atoms with van der Waals surface area (Å²) in [7, 11) is -3.50. The van der Waals surface area contributed by atoms with Crippen LogP contribution in [0.5, 0.6) is 5.75 Å². The Morgan fingerprint density at radius 1 is 1.33 bits per heavy atom. The minimum atomic E-state index is -3.50. The highest BCUT2D eigenvalue weighted by Crippen LogP contribution is 2.23. The molecule has 0 amide bonds. The maximum atomic E-state index is 12.3. The summed E-state index contributed by atoms with van der Waals surface area (Å²) in [4.78, 5) is 0.217. The van der Waals surface area contributed by atoms with E-state index < -0.39 is 10.0 Å². The van der Waals surface area contributed by atoms with Crippen LogP contribution >= 0.6 is 0 Å². The lowest BCUT2D eigenvalue weighted by Gasteiger charge is -2.24. The Kier molecular flexibility index (Phi) is 6.02. The predicted octanol–water partition coefficient (Wildman–Crippen LogP) is 1.90. The molecule has 5 nitrogen and oxygen atoms in total. The van der Waals surface area contributed by atoms with Crippen LogP contribution in [0.15, 0.2) is 29.2 Å². The summed E-state index contributed by atoms with van der Waals surface area (Å²) in [6, 6.07) is 7.11. The van der Waals surface area contributed by atoms with Crippen LogP contribution < -0.4 is 14.8 Å². The molecular formula is C15H24N2O3S. The lowest BCUT2D eigenvalue weighted by atomic mass is 10.1. The van der Waals surface area contributed by atoms with Crippen molar-refractivity contribution in [3.05, 3.63) is 24.3 Å². The molecule has 1 heterocycles. The fourth-order valence-electron chi connectivity index (χ4n) is 2.36. The molecule has 0 aromatic heterocycles. The van der Waals surface area contributed by atoms with Gasteiger partial charge >= 0.3 is 0 Å². The molecule has 0 radical (unpaired) electrons. The van der Waals surface area contributed by atoms with E-state index in [2.05, 4.69) is 10.0 Å². The number of piperidine rings is 1. The van der Waals surface area contributed by atoms with Crippen molar-refractivity contribution in [3.8, 4) is 5.75 Å². The van der Waals surface area contributed by atoms with Crippen LogP contribution in [-0.4, -0.2) is 34.2 Å². The molecule has 1 fully saturated rings. The number of para-hydroxylation sites is 1. The van der Waals surface area contributed by atoms with E-state index in [-0.39, 0.29) is 4.90 Å². The average Bonchev–Trinajstić information content (AvgIpc) is 2.52. The molecular weight excluding hydrogens is 288 g/mol. The fourth-order valence-corrected chi connectivity index (χ4v) is 3.64. The first kappa shape index (κ1) is 16.3. The summed E-state index contributed by atoms with van der Waals surface area (Å²) in [6.45, 7) is 3.87. The van der Waals surface area contributed by atoms with E-state index in [4.69, 9.17) is 4.74 Å². The van der Waals surface area contributed by atoms with E-state index in [1.807, 2.05) is 6.92 Å². The number of hydrogen-bond donors (Lipinski definition) is 2. The van der Waals surface area contributed by atoms with Crippen molar-refractivity contribution < 1.29 is 13.2 Å². The molecule has 1 unspecified atom stereocenters. The van der Waals surface area contributed by atoms with E-state index in [1.165, 1.54) is 12.8 Å². The Labute approximate surface area is 127 Å². The smallest absolute Gasteiger partial charge is 0.244 e. The van der Waals surface area contributed by atoms with E-state index in [0.717, 1.165) is 19.4 Å². The number of ether oxygens (including phenoxy) is 1. The van der Waals surface area contributed by atoms with Gasteiger partial charge in [0.1, 0.15) is 17.3 Å². The monoisotopic (exact) mass is 312 g/mol. The molecule has 1 aliphatic rings. The standard InChI is InChI=1S/C15H24N2O3S/c1-2-10-17-21(18,19)15-9-4-3-8-14(15)20-12-13-7-5-6-11-16-13/h3-4,8-9,13,16-17H,2,5-7,10-12H2,1H3. The highest BCUT2D eigenvalue weighted by molar-refractivity contribution is 7.89. The van der Waals surface area contributed by atoms with Crippen molar-refractivity contribution in [3.63, 3.8) is 0 Å². The summed E-state index contributed by atoms with van der Waals surface area (Å²) in [5.41, 5.74) is 0. The van der Waals surface area contributed by atoms with Crippen LogP contribution in [0.25, 0.3) is 0 Å². The minimum Gasteiger partial charge on any atom is -0.491 e. The lowest BCUT2D eigenvalue weighted by molar-refractivity contribution is 0.234. The summed E-state index contributed by atoms with van der Waals surface area (Å²) >= 11 is 0. The maximum absolute atomic E-state index is 12.3. The molecule has 21 heavy (non-hydrogen) atoms. The van der Waals surface area contributed by atoms with Gasteiger partial charge in [0, 0.05) is 12.6 Å². The van der Waals surface area contributed by atoms with Crippen LogP contribution in [-0.2, 0) is 10.0 Å². The van der Waals surface area contributed by atoms with Crippen LogP contribution in [0.4, 0.5) is 0 Å². The molecule has 0 aliphatic carbocycles. The van der Waals surface area contributed by atoms with Gasteiger partial charge in [-0.2, -0.15) is 0 Å². The molecule has 6 heteroatoms. The number of hydrogen-bond acceptors (Lipinski definition) is 4. The molecule has 118 valence electrons. The first-order valence-electron chi connectivity index (χ1n) is 7.58. The summed E-state index contributed by atoms with van der Waals surface area (Å²) < 4.78 is 32.9. The number of sulfonamides is 1. The summed E-state index contributed by atoms with van der Waals surface area (Å²) in [5.74, 6) is 0.425. The van der Waals surface area contributed by atoms with Crippen LogP contribution in [0.2, 0.25) is 0 Å². The first-order chi connectivity index (χ1) is 10.1. The van der Waals surface area contributed by atoms with Crippen LogP contribution in [0, 0.1) is 0 Å². The van der Waals surface area contributed by atoms with Crippen molar-refractivity contribution in [2.75, 3.05) is 19.7 Å². The summed E-state index contributed by atoms with van der Waals surface area (Å²) in [6.07, 6.45) is 4.22. The van der Waals surface area contributed by atoms with Gasteiger partial charge in [-0.1, -0.05) is 25.5 Å². The second-order valence-electron chi connectivity index (χ2n) is 5.30. The SMILES string of the molecule is CCCNS(=O)(=O)c1ccccc1OCC1CCCCN1. The zero-order valence-corrected chi connectivity index (χ0v) is 13.3. The second-order valence-corrected chi connectivity index (χ2v) is 7.04. The van der Waals surface area contributed by atoms with Gasteiger partial charge in [0.25, 0.3) is 0 Å². The van der Waals surface area contributed by atoms with Gasteiger partial charge in [0.2, 0.25) is 10.0 Å². The third-order valence-corrected chi connectivity index (χ3v) is 5.03. The van der Waals surface area contributed by atoms with Gasteiger partial charge < -0.3 is 10.1 Å². The Balaban J connectivity index is 2.05. The highest BCUT2D eigenvalue weighted by Gasteiger charge is 2.20. The van der Waals surface area contributed by atoms with Gasteiger partial charge in [-0.05, 0) is 37.9 Å². The Bertz CT molecular complexity index is 540. The first-order valence-corrected chi connectivity index (χ1v) is 9.06. The van der Waals surface area contributed by atoms with E-state index >= 15 is 0 Å². The minimum absolute atomic E-state index is 0.217. The molecule has 1 saturated heterocycles. The van der Waals surface area contributed by atoms with Crippen molar-refractivity contribution in [2.24, 2.45) is 0 Å². The molecule has 2 rings (SSSR count). The van der Waals surface area contributed by atoms with Crippen molar-refractivity contribution in [2.45, 2.75) is 43.5 Å². The van der Waals surface area contributed by atoms with Crippen LogP contribution in [0.1, 0.15) is 32.6 Å². The molecule has 0 bridgehead atoms. The number of rotatable bonds is 7. The quantitative estimate of drug-likeness (QED) is 0.807. The Hall–Kier alpha value is -1.11. The molecule has 0 saturated carbocycles. The molecule has 1 aromatic carbocycles. The largest absolute Gasteiger partial charge is 0.491 e. The van der Waals surface area contributed by atoms with E-state index in [0.29, 0.717) is 24.9 Å². The zero-order valence-electron chi connectivity index (χ0n) is 12.5. The van der Waals surface area contributed by atoms with Crippen molar-refractivity contribution in [1.82, 2.24) is 10.0 Å². The van der Waals surface area contributed by atoms with Gasteiger partial charge in [-0.3, -0.25) is 0 Å². The van der Waals surface area contributed by atoms with Gasteiger partial charge in [-0.15, -0.1) is 0 Å². The number of nitrogens with one attached hydrogen (secondary N) is 2. The highest BCUT2D eigenvalue weighted by atomic mass is 32.2. The van der Waals surface area contributed by atoms with Gasteiger partial charge in [0.05, 0.1) is 0 Å². The van der Waals surface area contributed by atoms with E-state index in [1.54, 1.807) is 24.3 Å². The maximum Gasteiger partial charge on any atom is 0.244 e. The van der Waals surface area contributed by atoms with Crippen molar-refractivity contribution >= 4 is 10.0 Å².